The molecule has 2 fully saturated rings. The van der Waals surface area contributed by atoms with Crippen LogP contribution in [0.1, 0.15) is 75.2 Å². The Kier molecular flexibility index (Phi) is 9.10. The standard InChI is InChI=1S/C27H48O5/c1-10-22-18(6)16(4)20(8)26(30-22)29-14-24-19(7)17(5)21(9)27(31-24)32-25-15(3)12-13-28-23(25)11-2/h12-13,15-27H,10-11,14H2,1-9H3/t15?,16?,17?,18-,19-,20-,21-,22?,23?,24?,25-,26-,27+/m1/s1. The summed E-state index contributed by atoms with van der Waals surface area (Å²) in [5.41, 5.74) is 0. The van der Waals surface area contributed by atoms with Gasteiger partial charge in [0.25, 0.3) is 0 Å². The van der Waals surface area contributed by atoms with Gasteiger partial charge in [-0.05, 0) is 42.6 Å². The van der Waals surface area contributed by atoms with Crippen LogP contribution >= 0.6 is 0 Å². The molecule has 0 saturated carbocycles. The van der Waals surface area contributed by atoms with Crippen molar-refractivity contribution in [2.24, 2.45) is 41.4 Å². The Bertz CT molecular complexity index is 607. The second kappa shape index (κ2) is 11.2. The van der Waals surface area contributed by atoms with Gasteiger partial charge in [0.05, 0.1) is 25.1 Å². The second-order valence-corrected chi connectivity index (χ2v) is 10.9. The first kappa shape index (κ1) is 26.0. The van der Waals surface area contributed by atoms with E-state index in [0.717, 1.165) is 12.8 Å². The SMILES string of the molecule is CCC1O[C@@H](OCC2O[C@@H](O[C@@H]3C(C)C=COC3CC)[C@H](C)C(C)[C@H]2C)[C@H](C)C(C)[C@H]1C. The molecule has 0 amide bonds. The summed E-state index contributed by atoms with van der Waals surface area (Å²) < 4.78 is 31.8. The van der Waals surface area contributed by atoms with Crippen LogP contribution in [-0.4, -0.2) is 43.6 Å². The predicted octanol–water partition coefficient (Wildman–Crippen LogP) is 6.02. The molecule has 0 radical (unpaired) electrons. The lowest BCUT2D eigenvalue weighted by atomic mass is 9.78. The maximum atomic E-state index is 6.60. The molecule has 3 rings (SSSR count). The van der Waals surface area contributed by atoms with Crippen molar-refractivity contribution in [3.8, 4) is 0 Å². The molecule has 0 aromatic carbocycles. The van der Waals surface area contributed by atoms with E-state index in [9.17, 15) is 0 Å². The van der Waals surface area contributed by atoms with Crippen molar-refractivity contribution in [1.29, 1.82) is 0 Å². The van der Waals surface area contributed by atoms with Gasteiger partial charge >= 0.3 is 0 Å². The molecule has 3 heterocycles. The van der Waals surface area contributed by atoms with E-state index in [1.165, 1.54) is 0 Å². The fraction of sp³-hybridized carbons (Fsp3) is 0.926. The van der Waals surface area contributed by atoms with Gasteiger partial charge in [-0.2, -0.15) is 0 Å². The highest BCUT2D eigenvalue weighted by Gasteiger charge is 2.44. The highest BCUT2D eigenvalue weighted by molar-refractivity contribution is 4.96. The van der Waals surface area contributed by atoms with Gasteiger partial charge in [-0.25, -0.2) is 0 Å². The van der Waals surface area contributed by atoms with Crippen LogP contribution in [-0.2, 0) is 23.7 Å². The molecule has 0 spiro atoms. The number of hydrogen-bond donors (Lipinski definition) is 0. The van der Waals surface area contributed by atoms with Gasteiger partial charge in [-0.15, -0.1) is 0 Å². The van der Waals surface area contributed by atoms with Crippen LogP contribution in [0.3, 0.4) is 0 Å². The van der Waals surface area contributed by atoms with Gasteiger partial charge in [0.1, 0.15) is 12.2 Å². The van der Waals surface area contributed by atoms with Gasteiger partial charge < -0.3 is 23.7 Å². The van der Waals surface area contributed by atoms with E-state index in [2.05, 4.69) is 68.4 Å². The minimum atomic E-state index is -0.251. The van der Waals surface area contributed by atoms with Crippen molar-refractivity contribution in [3.05, 3.63) is 12.3 Å². The molecule has 6 unspecified atom stereocenters. The van der Waals surface area contributed by atoms with Crippen LogP contribution in [0.2, 0.25) is 0 Å². The zero-order valence-electron chi connectivity index (χ0n) is 21.8. The summed E-state index contributed by atoms with van der Waals surface area (Å²) in [7, 11) is 0. The summed E-state index contributed by atoms with van der Waals surface area (Å²) >= 11 is 0. The Labute approximate surface area is 196 Å². The van der Waals surface area contributed by atoms with E-state index in [1.807, 2.05) is 6.26 Å². The molecule has 3 aliphatic heterocycles. The fourth-order valence-corrected chi connectivity index (χ4v) is 5.66. The molecule has 0 bridgehead atoms. The Morgan fingerprint density at radius 3 is 1.84 bits per heavy atom. The van der Waals surface area contributed by atoms with Crippen molar-refractivity contribution < 1.29 is 23.7 Å². The molecule has 3 aliphatic rings. The van der Waals surface area contributed by atoms with E-state index >= 15 is 0 Å². The average molecular weight is 453 g/mol. The Balaban J connectivity index is 1.64. The minimum absolute atomic E-state index is 0.00725. The number of rotatable bonds is 7. The molecule has 186 valence electrons. The molecular weight excluding hydrogens is 404 g/mol. The van der Waals surface area contributed by atoms with E-state index in [1.54, 1.807) is 0 Å². The normalized spacial score (nSPS) is 49.6. The molecule has 2 saturated heterocycles. The van der Waals surface area contributed by atoms with Crippen LogP contribution in [0.15, 0.2) is 12.3 Å². The summed E-state index contributed by atoms with van der Waals surface area (Å²) in [5.74, 6) is 2.98. The first-order valence-corrected chi connectivity index (χ1v) is 13.1. The third kappa shape index (κ3) is 5.37. The molecule has 5 heteroatoms. The largest absolute Gasteiger partial charge is 0.496 e. The number of ether oxygens (including phenoxy) is 5. The van der Waals surface area contributed by atoms with Crippen LogP contribution in [0.4, 0.5) is 0 Å². The van der Waals surface area contributed by atoms with Crippen molar-refractivity contribution in [2.45, 2.75) is 112 Å². The molecule has 32 heavy (non-hydrogen) atoms. The fourth-order valence-electron chi connectivity index (χ4n) is 5.66. The lowest BCUT2D eigenvalue weighted by Gasteiger charge is -2.47. The first-order valence-electron chi connectivity index (χ1n) is 13.1. The topological polar surface area (TPSA) is 46.2 Å². The predicted molar refractivity (Wildman–Crippen MR) is 127 cm³/mol. The lowest BCUT2D eigenvalue weighted by molar-refractivity contribution is -0.304. The van der Waals surface area contributed by atoms with Crippen molar-refractivity contribution in [3.63, 3.8) is 0 Å². The monoisotopic (exact) mass is 452 g/mol. The van der Waals surface area contributed by atoms with E-state index in [0.29, 0.717) is 48.0 Å². The Hall–Kier alpha value is -0.620. The van der Waals surface area contributed by atoms with Gasteiger partial charge in [0.2, 0.25) is 0 Å². The zero-order chi connectivity index (χ0) is 23.6. The minimum Gasteiger partial charge on any atom is -0.496 e. The van der Waals surface area contributed by atoms with Crippen molar-refractivity contribution in [1.82, 2.24) is 0 Å². The highest BCUT2D eigenvalue weighted by atomic mass is 16.7. The third-order valence-corrected chi connectivity index (χ3v) is 9.01. The van der Waals surface area contributed by atoms with Gasteiger partial charge in [-0.1, -0.05) is 62.3 Å². The highest BCUT2D eigenvalue weighted by Crippen LogP contribution is 2.40. The molecule has 0 aromatic heterocycles. The quantitative estimate of drug-likeness (QED) is 0.472. The van der Waals surface area contributed by atoms with Gasteiger partial charge in [-0.3, -0.25) is 0 Å². The molecular formula is C27H48O5. The summed E-state index contributed by atoms with van der Waals surface area (Å²) in [6.07, 6.45) is 5.77. The van der Waals surface area contributed by atoms with E-state index in [4.69, 9.17) is 23.7 Å². The summed E-state index contributed by atoms with van der Waals surface area (Å²) in [5, 5.41) is 0. The Morgan fingerprint density at radius 2 is 1.22 bits per heavy atom. The average Bonchev–Trinajstić information content (AvgIpc) is 2.79. The molecule has 0 aromatic rings. The smallest absolute Gasteiger partial charge is 0.161 e. The van der Waals surface area contributed by atoms with E-state index in [-0.39, 0.29) is 37.0 Å². The summed E-state index contributed by atoms with van der Waals surface area (Å²) in [6.45, 7) is 20.8. The summed E-state index contributed by atoms with van der Waals surface area (Å²) in [6, 6.07) is 0. The van der Waals surface area contributed by atoms with Crippen LogP contribution in [0, 0.1) is 41.4 Å². The third-order valence-electron chi connectivity index (χ3n) is 9.01. The van der Waals surface area contributed by atoms with Crippen molar-refractivity contribution >= 4 is 0 Å². The van der Waals surface area contributed by atoms with Crippen LogP contribution in [0.5, 0.6) is 0 Å². The molecule has 5 nitrogen and oxygen atoms in total. The molecule has 0 N–H and O–H groups in total. The number of hydrogen-bond acceptors (Lipinski definition) is 5. The maximum Gasteiger partial charge on any atom is 0.161 e. The van der Waals surface area contributed by atoms with E-state index < -0.39 is 0 Å². The van der Waals surface area contributed by atoms with Gasteiger partial charge in [0.15, 0.2) is 12.6 Å². The second-order valence-electron chi connectivity index (χ2n) is 10.9. The summed E-state index contributed by atoms with van der Waals surface area (Å²) in [4.78, 5) is 0. The lowest BCUT2D eigenvalue weighted by Crippen LogP contribution is -2.52. The van der Waals surface area contributed by atoms with Crippen LogP contribution in [0.25, 0.3) is 0 Å². The Morgan fingerprint density at radius 1 is 0.656 bits per heavy atom. The van der Waals surface area contributed by atoms with Crippen LogP contribution < -0.4 is 0 Å². The van der Waals surface area contributed by atoms with Crippen molar-refractivity contribution in [2.75, 3.05) is 6.61 Å². The molecule has 0 aliphatic carbocycles. The first-order chi connectivity index (χ1) is 15.2. The molecule has 13 atom stereocenters. The maximum absolute atomic E-state index is 6.60. The van der Waals surface area contributed by atoms with Gasteiger partial charge in [0, 0.05) is 17.8 Å². The zero-order valence-corrected chi connectivity index (χ0v) is 21.8.